The zero-order valence-electron chi connectivity index (χ0n) is 9.78. The molecule has 5 heteroatoms. The van der Waals surface area contributed by atoms with Gasteiger partial charge in [-0.3, -0.25) is 4.79 Å². The number of carbonyl (C=O) groups excluding carboxylic acids is 2. The topological polar surface area (TPSA) is 64.6 Å². The smallest absolute Gasteiger partial charge is 0.408 e. The van der Waals surface area contributed by atoms with Crippen LogP contribution in [-0.4, -0.2) is 29.8 Å². The van der Waals surface area contributed by atoms with Crippen molar-refractivity contribution in [1.82, 2.24) is 5.32 Å². The molecule has 0 radical (unpaired) electrons. The number of cyclic esters (lactones) is 1. The molecule has 1 heterocycles. The van der Waals surface area contributed by atoms with Gasteiger partial charge in [0.05, 0.1) is 12.5 Å². The first-order valence-corrected chi connectivity index (χ1v) is 5.13. The van der Waals surface area contributed by atoms with E-state index in [9.17, 15) is 9.59 Å². The van der Waals surface area contributed by atoms with E-state index in [-0.39, 0.29) is 18.4 Å². The molecule has 1 rings (SSSR count). The molecule has 0 unspecified atom stereocenters. The van der Waals surface area contributed by atoms with Crippen LogP contribution in [0.2, 0.25) is 0 Å². The van der Waals surface area contributed by atoms with Crippen molar-refractivity contribution in [2.75, 3.05) is 0 Å². The maximum absolute atomic E-state index is 11.5. The van der Waals surface area contributed by atoms with Crippen molar-refractivity contribution in [3.63, 3.8) is 0 Å². The van der Waals surface area contributed by atoms with Gasteiger partial charge in [0, 0.05) is 0 Å². The summed E-state index contributed by atoms with van der Waals surface area (Å²) in [6.07, 6.45) is 0.575. The number of ether oxygens (including phenoxy) is 2. The SMILES string of the molecule is C=C[C@H]1OC(=O)N[C@@H]1CC(=O)OC(C)(C)C. The molecule has 16 heavy (non-hydrogen) atoms. The number of nitrogens with one attached hydrogen (secondary N) is 1. The molecule has 0 saturated carbocycles. The van der Waals surface area contributed by atoms with E-state index in [0.29, 0.717) is 0 Å². The fraction of sp³-hybridized carbons (Fsp3) is 0.636. The molecule has 1 aliphatic rings. The molecule has 2 atom stereocenters. The fourth-order valence-corrected chi connectivity index (χ4v) is 1.42. The minimum Gasteiger partial charge on any atom is -0.460 e. The van der Waals surface area contributed by atoms with Crippen molar-refractivity contribution in [2.24, 2.45) is 0 Å². The summed E-state index contributed by atoms with van der Waals surface area (Å²) >= 11 is 0. The van der Waals surface area contributed by atoms with E-state index < -0.39 is 17.8 Å². The zero-order valence-corrected chi connectivity index (χ0v) is 9.78. The second kappa shape index (κ2) is 4.55. The van der Waals surface area contributed by atoms with E-state index in [1.807, 2.05) is 0 Å². The van der Waals surface area contributed by atoms with Gasteiger partial charge in [-0.05, 0) is 26.8 Å². The summed E-state index contributed by atoms with van der Waals surface area (Å²) in [5.74, 6) is -0.366. The van der Waals surface area contributed by atoms with Crippen LogP contribution in [0.15, 0.2) is 12.7 Å². The third-order valence-corrected chi connectivity index (χ3v) is 1.98. The lowest BCUT2D eigenvalue weighted by atomic mass is 10.1. The Morgan fingerprint density at radius 2 is 2.25 bits per heavy atom. The Kier molecular flexibility index (Phi) is 3.57. The first-order chi connectivity index (χ1) is 7.31. The summed E-state index contributed by atoms with van der Waals surface area (Å²) in [5.41, 5.74) is -0.524. The number of carbonyl (C=O) groups is 2. The summed E-state index contributed by atoms with van der Waals surface area (Å²) in [6.45, 7) is 8.91. The monoisotopic (exact) mass is 227 g/mol. The average Bonchev–Trinajstić information content (AvgIpc) is 2.42. The fourth-order valence-electron chi connectivity index (χ4n) is 1.42. The van der Waals surface area contributed by atoms with Crippen molar-refractivity contribution in [3.05, 3.63) is 12.7 Å². The summed E-state index contributed by atoms with van der Waals surface area (Å²) in [6, 6.07) is -0.389. The van der Waals surface area contributed by atoms with Gasteiger partial charge in [-0.25, -0.2) is 4.79 Å². The lowest BCUT2D eigenvalue weighted by Crippen LogP contribution is -2.35. The van der Waals surface area contributed by atoms with Crippen LogP contribution in [0.1, 0.15) is 27.2 Å². The Morgan fingerprint density at radius 1 is 1.62 bits per heavy atom. The molecule has 1 aliphatic heterocycles. The van der Waals surface area contributed by atoms with E-state index in [0.717, 1.165) is 0 Å². The van der Waals surface area contributed by atoms with Crippen LogP contribution in [0.25, 0.3) is 0 Å². The minimum atomic E-state index is -0.529. The maximum Gasteiger partial charge on any atom is 0.408 e. The Hall–Kier alpha value is -1.52. The predicted molar refractivity (Wildman–Crippen MR) is 57.9 cm³/mol. The molecule has 1 amide bonds. The van der Waals surface area contributed by atoms with E-state index in [2.05, 4.69) is 11.9 Å². The first-order valence-electron chi connectivity index (χ1n) is 5.13. The molecule has 1 fully saturated rings. The van der Waals surface area contributed by atoms with Crippen molar-refractivity contribution >= 4 is 12.1 Å². The van der Waals surface area contributed by atoms with Crippen molar-refractivity contribution in [2.45, 2.75) is 44.9 Å². The van der Waals surface area contributed by atoms with Crippen LogP contribution in [0, 0.1) is 0 Å². The van der Waals surface area contributed by atoms with Crippen LogP contribution in [0.4, 0.5) is 4.79 Å². The normalized spacial score (nSPS) is 24.6. The second-order valence-corrected chi connectivity index (χ2v) is 4.65. The standard InChI is InChI=1S/C11H17NO4/c1-5-8-7(12-10(14)15-8)6-9(13)16-11(2,3)4/h5,7-8H,1,6H2,2-4H3,(H,12,14)/t7-,8-/m1/s1. The van der Waals surface area contributed by atoms with Crippen LogP contribution in [0.5, 0.6) is 0 Å². The Labute approximate surface area is 94.8 Å². The molecular formula is C11H17NO4. The number of amides is 1. The lowest BCUT2D eigenvalue weighted by molar-refractivity contribution is -0.155. The van der Waals surface area contributed by atoms with Crippen LogP contribution < -0.4 is 5.32 Å². The number of esters is 1. The van der Waals surface area contributed by atoms with Crippen molar-refractivity contribution in [1.29, 1.82) is 0 Å². The zero-order chi connectivity index (χ0) is 12.3. The summed E-state index contributed by atoms with van der Waals surface area (Å²) in [7, 11) is 0. The summed E-state index contributed by atoms with van der Waals surface area (Å²) in [4.78, 5) is 22.5. The number of hydrogen-bond donors (Lipinski definition) is 1. The maximum atomic E-state index is 11.5. The van der Waals surface area contributed by atoms with Gasteiger partial charge < -0.3 is 14.8 Å². The Bertz CT molecular complexity index is 306. The molecule has 1 N–H and O–H groups in total. The van der Waals surface area contributed by atoms with Crippen LogP contribution >= 0.6 is 0 Å². The van der Waals surface area contributed by atoms with Gasteiger partial charge >= 0.3 is 12.1 Å². The quantitative estimate of drug-likeness (QED) is 0.584. The number of rotatable bonds is 3. The number of hydrogen-bond acceptors (Lipinski definition) is 4. The van der Waals surface area contributed by atoms with E-state index >= 15 is 0 Å². The molecule has 90 valence electrons. The van der Waals surface area contributed by atoms with E-state index in [4.69, 9.17) is 9.47 Å². The van der Waals surface area contributed by atoms with Gasteiger partial charge in [-0.15, -0.1) is 0 Å². The summed E-state index contributed by atoms with van der Waals surface area (Å²) in [5, 5.41) is 2.54. The summed E-state index contributed by atoms with van der Waals surface area (Å²) < 4.78 is 10.0. The largest absolute Gasteiger partial charge is 0.460 e. The molecule has 0 aromatic heterocycles. The highest BCUT2D eigenvalue weighted by Gasteiger charge is 2.34. The number of alkyl carbamates (subject to hydrolysis) is 1. The average molecular weight is 227 g/mol. The molecule has 0 spiro atoms. The lowest BCUT2D eigenvalue weighted by Gasteiger charge is -2.21. The molecule has 0 aromatic rings. The van der Waals surface area contributed by atoms with Gasteiger partial charge in [0.25, 0.3) is 0 Å². The van der Waals surface area contributed by atoms with E-state index in [1.54, 1.807) is 20.8 Å². The highest BCUT2D eigenvalue weighted by Crippen LogP contribution is 2.16. The predicted octanol–water partition coefficient (Wildman–Crippen LogP) is 1.38. The minimum absolute atomic E-state index is 0.0830. The van der Waals surface area contributed by atoms with Crippen LogP contribution in [-0.2, 0) is 14.3 Å². The Morgan fingerprint density at radius 3 is 2.75 bits per heavy atom. The Balaban J connectivity index is 2.50. The molecular weight excluding hydrogens is 210 g/mol. The van der Waals surface area contributed by atoms with Crippen LogP contribution in [0.3, 0.4) is 0 Å². The highest BCUT2D eigenvalue weighted by molar-refractivity contribution is 5.75. The van der Waals surface area contributed by atoms with E-state index in [1.165, 1.54) is 6.08 Å². The first kappa shape index (κ1) is 12.5. The van der Waals surface area contributed by atoms with Crippen molar-refractivity contribution in [3.8, 4) is 0 Å². The van der Waals surface area contributed by atoms with Gasteiger partial charge in [-0.2, -0.15) is 0 Å². The molecule has 5 nitrogen and oxygen atoms in total. The second-order valence-electron chi connectivity index (χ2n) is 4.65. The van der Waals surface area contributed by atoms with Gasteiger partial charge in [-0.1, -0.05) is 6.58 Å². The van der Waals surface area contributed by atoms with Gasteiger partial charge in [0.2, 0.25) is 0 Å². The molecule has 0 aromatic carbocycles. The molecule has 0 bridgehead atoms. The third-order valence-electron chi connectivity index (χ3n) is 1.98. The molecule has 0 aliphatic carbocycles. The van der Waals surface area contributed by atoms with Crippen molar-refractivity contribution < 1.29 is 19.1 Å². The van der Waals surface area contributed by atoms with Gasteiger partial charge in [0.1, 0.15) is 11.7 Å². The third kappa shape index (κ3) is 3.56. The molecule has 1 saturated heterocycles. The van der Waals surface area contributed by atoms with Gasteiger partial charge in [0.15, 0.2) is 0 Å². The highest BCUT2D eigenvalue weighted by atomic mass is 16.6.